The normalized spacial score (nSPS) is 28.1. The van der Waals surface area contributed by atoms with Crippen LogP contribution in [0.1, 0.15) is 44.7 Å². The van der Waals surface area contributed by atoms with Gasteiger partial charge in [0.1, 0.15) is 6.33 Å². The van der Waals surface area contributed by atoms with Crippen molar-refractivity contribution in [2.45, 2.75) is 64.4 Å². The van der Waals surface area contributed by atoms with Gasteiger partial charge >= 0.3 is 0 Å². The fraction of sp³-hybridized carbons (Fsp3) is 0.643. The van der Waals surface area contributed by atoms with E-state index in [1.807, 2.05) is 26.2 Å². The van der Waals surface area contributed by atoms with Crippen molar-refractivity contribution in [1.82, 2.24) is 24.7 Å². The van der Waals surface area contributed by atoms with Gasteiger partial charge in [-0.1, -0.05) is 32.0 Å². The van der Waals surface area contributed by atoms with Gasteiger partial charge in [0.05, 0.1) is 6.61 Å². The Balaban J connectivity index is 0.00000124. The molecule has 1 aromatic heterocycles. The number of hydrogen-bond acceptors (Lipinski definition) is 7. The molecule has 35 heavy (non-hydrogen) atoms. The molecule has 3 fully saturated rings. The Morgan fingerprint density at radius 1 is 1.00 bits per heavy atom. The van der Waals surface area contributed by atoms with Gasteiger partial charge in [-0.05, 0) is 42.9 Å². The summed E-state index contributed by atoms with van der Waals surface area (Å²) in [7, 11) is 0. The van der Waals surface area contributed by atoms with Gasteiger partial charge in [-0.3, -0.25) is 14.7 Å². The molecule has 0 N–H and O–H groups in total. The first-order valence-corrected chi connectivity index (χ1v) is 13.5. The molecule has 0 spiro atoms. The van der Waals surface area contributed by atoms with E-state index in [4.69, 9.17) is 9.47 Å². The maximum atomic E-state index is 6.16. The summed E-state index contributed by atoms with van der Waals surface area (Å²) >= 11 is 0. The highest BCUT2D eigenvalue weighted by molar-refractivity contribution is 5.63. The zero-order valence-electron chi connectivity index (χ0n) is 21.7. The highest BCUT2D eigenvalue weighted by atomic mass is 16.6. The zero-order valence-corrected chi connectivity index (χ0v) is 21.7. The minimum absolute atomic E-state index is 0.0746. The van der Waals surface area contributed by atoms with Crippen molar-refractivity contribution in [3.8, 4) is 11.1 Å². The van der Waals surface area contributed by atoms with Gasteiger partial charge in [0.25, 0.3) is 0 Å². The van der Waals surface area contributed by atoms with E-state index in [1.165, 1.54) is 29.5 Å². The monoisotopic (exact) mass is 479 g/mol. The molecule has 4 aliphatic heterocycles. The van der Waals surface area contributed by atoms with Crippen molar-refractivity contribution in [1.29, 1.82) is 0 Å². The van der Waals surface area contributed by atoms with Crippen molar-refractivity contribution in [3.63, 3.8) is 0 Å². The van der Waals surface area contributed by atoms with Gasteiger partial charge in [-0.2, -0.15) is 0 Å². The van der Waals surface area contributed by atoms with E-state index in [9.17, 15) is 0 Å². The van der Waals surface area contributed by atoms with Crippen molar-refractivity contribution >= 4 is 0 Å². The molecule has 0 amide bonds. The van der Waals surface area contributed by atoms with Crippen LogP contribution in [0.2, 0.25) is 0 Å². The Morgan fingerprint density at radius 3 is 2.49 bits per heavy atom. The van der Waals surface area contributed by atoms with E-state index < -0.39 is 0 Å². The summed E-state index contributed by atoms with van der Waals surface area (Å²) in [4.78, 5) is 16.3. The maximum Gasteiger partial charge on any atom is 0.158 e. The van der Waals surface area contributed by atoms with Crippen LogP contribution in [0.5, 0.6) is 0 Å². The Kier molecular flexibility index (Phi) is 7.80. The summed E-state index contributed by atoms with van der Waals surface area (Å²) in [6, 6.07) is 8.09. The predicted octanol–water partition coefficient (Wildman–Crippen LogP) is 3.44. The molecule has 0 bridgehead atoms. The Bertz CT molecular complexity index is 961. The van der Waals surface area contributed by atoms with Crippen LogP contribution in [0.3, 0.4) is 0 Å². The van der Waals surface area contributed by atoms with Crippen molar-refractivity contribution in [2.24, 2.45) is 0 Å². The van der Waals surface area contributed by atoms with E-state index in [2.05, 4.69) is 49.8 Å². The van der Waals surface area contributed by atoms with Gasteiger partial charge in [0, 0.05) is 82.5 Å². The molecule has 1 unspecified atom stereocenters. The van der Waals surface area contributed by atoms with E-state index in [-0.39, 0.29) is 5.72 Å². The minimum atomic E-state index is -0.0746. The number of aromatic nitrogens is 2. The molecule has 7 nitrogen and oxygen atoms in total. The lowest BCUT2D eigenvalue weighted by Crippen LogP contribution is -2.61. The van der Waals surface area contributed by atoms with Gasteiger partial charge < -0.3 is 9.47 Å². The fourth-order valence-electron chi connectivity index (χ4n) is 6.08. The van der Waals surface area contributed by atoms with Crippen LogP contribution in [0.15, 0.2) is 36.9 Å². The average Bonchev–Trinajstić information content (AvgIpc) is 3.71. The molecule has 0 saturated carbocycles. The van der Waals surface area contributed by atoms with Crippen molar-refractivity contribution in [3.05, 3.63) is 48.0 Å². The third-order valence-corrected chi connectivity index (χ3v) is 8.05. The minimum Gasteiger partial charge on any atom is -0.381 e. The molecule has 1 aromatic carbocycles. The standard InChI is InChI=1S/C26H35N5O2.C2H6/c1-20-15-30(8-9-31(20)25-5-10-32-11-6-25)26(18-33-26)17-29-7-4-22-12-21(2-3-23(22)16-29)24-13-27-19-28-14-24;1-2/h2-3,12-14,19-20,25H,4-11,15-18H2,1H3;1-2H3/t20-,26?;/m0./s1. The summed E-state index contributed by atoms with van der Waals surface area (Å²) in [5, 5.41) is 0. The topological polar surface area (TPSA) is 57.3 Å². The van der Waals surface area contributed by atoms with Crippen LogP contribution in [-0.4, -0.2) is 95.0 Å². The largest absolute Gasteiger partial charge is 0.381 e. The SMILES string of the molecule is CC.C[C@H]1CN(C2(CN3CCc4cc(-c5cncnc5)ccc4C3)CO2)CCN1C1CCOCC1. The number of rotatable bonds is 5. The van der Waals surface area contributed by atoms with Gasteiger partial charge in [-0.25, -0.2) is 9.97 Å². The first kappa shape index (κ1) is 24.8. The Morgan fingerprint density at radius 2 is 1.77 bits per heavy atom. The molecule has 4 aliphatic rings. The van der Waals surface area contributed by atoms with Crippen LogP contribution >= 0.6 is 0 Å². The fourth-order valence-corrected chi connectivity index (χ4v) is 6.08. The van der Waals surface area contributed by atoms with Crippen LogP contribution < -0.4 is 0 Å². The highest BCUT2D eigenvalue weighted by Crippen LogP contribution is 2.36. The number of epoxide rings is 1. The predicted molar refractivity (Wildman–Crippen MR) is 138 cm³/mol. The summed E-state index contributed by atoms with van der Waals surface area (Å²) in [5.41, 5.74) is 5.12. The number of nitrogens with zero attached hydrogens (tertiary/aromatic N) is 5. The smallest absolute Gasteiger partial charge is 0.158 e. The molecule has 2 aromatic rings. The second kappa shape index (κ2) is 11.0. The van der Waals surface area contributed by atoms with Crippen LogP contribution in [0.4, 0.5) is 0 Å². The Hall–Kier alpha value is -1.90. The first-order valence-electron chi connectivity index (χ1n) is 13.5. The molecule has 3 saturated heterocycles. The summed E-state index contributed by atoms with van der Waals surface area (Å²) in [6.45, 7) is 15.5. The summed E-state index contributed by atoms with van der Waals surface area (Å²) in [6.07, 6.45) is 8.81. The Labute approximate surface area is 210 Å². The lowest BCUT2D eigenvalue weighted by atomic mass is 9.95. The van der Waals surface area contributed by atoms with E-state index in [1.54, 1.807) is 6.33 Å². The van der Waals surface area contributed by atoms with Gasteiger partial charge in [0.15, 0.2) is 5.72 Å². The quantitative estimate of drug-likeness (QED) is 0.609. The highest BCUT2D eigenvalue weighted by Gasteiger charge is 2.53. The second-order valence-electron chi connectivity index (χ2n) is 10.2. The van der Waals surface area contributed by atoms with Crippen molar-refractivity contribution in [2.75, 3.05) is 52.5 Å². The summed E-state index contributed by atoms with van der Waals surface area (Å²) < 4.78 is 11.7. The van der Waals surface area contributed by atoms with Crippen LogP contribution in [-0.2, 0) is 22.4 Å². The van der Waals surface area contributed by atoms with Crippen LogP contribution in [0, 0.1) is 0 Å². The van der Waals surface area contributed by atoms with E-state index in [0.29, 0.717) is 12.1 Å². The van der Waals surface area contributed by atoms with E-state index in [0.717, 1.165) is 71.1 Å². The molecular formula is C28H41N5O2. The molecule has 190 valence electrons. The lowest BCUT2D eigenvalue weighted by molar-refractivity contribution is -0.0483. The molecule has 5 heterocycles. The average molecular weight is 480 g/mol. The number of ether oxygens (including phenoxy) is 2. The molecule has 6 rings (SSSR count). The third-order valence-electron chi connectivity index (χ3n) is 8.05. The number of fused-ring (bicyclic) bond motifs is 1. The van der Waals surface area contributed by atoms with Gasteiger partial charge in [-0.15, -0.1) is 0 Å². The van der Waals surface area contributed by atoms with Gasteiger partial charge in [0.2, 0.25) is 0 Å². The zero-order chi connectivity index (χ0) is 24.3. The molecule has 7 heteroatoms. The molecule has 2 atom stereocenters. The number of piperazine rings is 1. The summed E-state index contributed by atoms with van der Waals surface area (Å²) in [5.74, 6) is 0. The first-order chi connectivity index (χ1) is 17.2. The third kappa shape index (κ3) is 5.44. The maximum absolute atomic E-state index is 6.16. The molecule has 0 aliphatic carbocycles. The number of hydrogen-bond donors (Lipinski definition) is 0. The van der Waals surface area contributed by atoms with Crippen LogP contribution in [0.25, 0.3) is 11.1 Å². The lowest BCUT2D eigenvalue weighted by Gasteiger charge is -2.47. The molecule has 0 radical (unpaired) electrons. The van der Waals surface area contributed by atoms with E-state index >= 15 is 0 Å². The molecular weight excluding hydrogens is 438 g/mol. The second-order valence-corrected chi connectivity index (χ2v) is 10.2. The van der Waals surface area contributed by atoms with Crippen molar-refractivity contribution < 1.29 is 9.47 Å². The number of benzene rings is 1.